The Balaban J connectivity index is 1.77. The molecule has 1 aliphatic rings. The van der Waals surface area contributed by atoms with Gasteiger partial charge in [0, 0.05) is 19.3 Å². The second-order valence-corrected chi connectivity index (χ2v) is 5.58. The quantitative estimate of drug-likeness (QED) is 0.733. The number of nitrogens with zero attached hydrogens (tertiary/aromatic N) is 3. The highest BCUT2D eigenvalue weighted by Crippen LogP contribution is 2.12. The van der Waals surface area contributed by atoms with Gasteiger partial charge in [-0.3, -0.25) is 0 Å². The number of hydrogen-bond acceptors (Lipinski definition) is 3. The van der Waals surface area contributed by atoms with E-state index in [4.69, 9.17) is 0 Å². The summed E-state index contributed by atoms with van der Waals surface area (Å²) in [5.41, 5.74) is 1.11. The fourth-order valence-corrected chi connectivity index (χ4v) is 2.71. The van der Waals surface area contributed by atoms with E-state index in [-0.39, 0.29) is 0 Å². The van der Waals surface area contributed by atoms with Crippen molar-refractivity contribution >= 4 is 5.95 Å². The zero-order valence-corrected chi connectivity index (χ0v) is 12.5. The maximum atomic E-state index is 4.57. The number of hydrogen-bond donors (Lipinski definition) is 1. The molecule has 0 aromatic carbocycles. The van der Waals surface area contributed by atoms with E-state index in [0.29, 0.717) is 0 Å². The van der Waals surface area contributed by atoms with Crippen LogP contribution in [0.4, 0.5) is 5.95 Å². The van der Waals surface area contributed by atoms with Crippen LogP contribution in [-0.4, -0.2) is 40.6 Å². The molecule has 1 aromatic rings. The molecule has 1 saturated heterocycles. The predicted molar refractivity (Wildman–Crippen MR) is 80.7 cm³/mol. The Morgan fingerprint density at radius 3 is 2.74 bits per heavy atom. The van der Waals surface area contributed by atoms with Gasteiger partial charge in [0.25, 0.3) is 0 Å². The molecule has 0 spiro atoms. The van der Waals surface area contributed by atoms with Gasteiger partial charge in [-0.1, -0.05) is 13.3 Å². The molecule has 0 aliphatic carbocycles. The Bertz CT molecular complexity index is 366. The molecule has 0 amide bonds. The number of rotatable bonds is 8. The van der Waals surface area contributed by atoms with Gasteiger partial charge in [0.1, 0.15) is 0 Å². The molecule has 1 aromatic heterocycles. The first-order chi connectivity index (χ1) is 9.29. The normalized spacial score (nSPS) is 16.1. The lowest BCUT2D eigenvalue weighted by molar-refractivity contribution is 0.325. The van der Waals surface area contributed by atoms with Gasteiger partial charge >= 0.3 is 0 Å². The van der Waals surface area contributed by atoms with Crippen molar-refractivity contribution in [3.05, 3.63) is 11.9 Å². The smallest absolute Gasteiger partial charge is 0.203 e. The first-order valence-electron chi connectivity index (χ1n) is 7.79. The minimum atomic E-state index is 1.03. The van der Waals surface area contributed by atoms with Gasteiger partial charge in [-0.2, -0.15) is 0 Å². The van der Waals surface area contributed by atoms with Crippen molar-refractivity contribution in [1.82, 2.24) is 14.5 Å². The lowest BCUT2D eigenvalue weighted by Gasteiger charge is -2.15. The van der Waals surface area contributed by atoms with Gasteiger partial charge in [0.2, 0.25) is 5.95 Å². The van der Waals surface area contributed by atoms with Crippen LogP contribution in [0.15, 0.2) is 6.20 Å². The number of aromatic nitrogens is 2. The molecule has 1 N–H and O–H groups in total. The monoisotopic (exact) mass is 264 g/mol. The zero-order valence-electron chi connectivity index (χ0n) is 12.5. The molecule has 1 aliphatic heterocycles. The maximum absolute atomic E-state index is 4.57. The number of imidazole rings is 1. The average Bonchev–Trinajstić information content (AvgIpc) is 3.00. The van der Waals surface area contributed by atoms with Crippen LogP contribution in [-0.2, 0) is 6.54 Å². The summed E-state index contributed by atoms with van der Waals surface area (Å²) in [5.74, 6) is 1.05. The van der Waals surface area contributed by atoms with Crippen molar-refractivity contribution in [2.24, 2.45) is 0 Å². The Labute approximate surface area is 117 Å². The van der Waals surface area contributed by atoms with E-state index >= 15 is 0 Å². The lowest BCUT2D eigenvalue weighted by atomic mass is 10.3. The average molecular weight is 264 g/mol. The minimum absolute atomic E-state index is 1.03. The van der Waals surface area contributed by atoms with E-state index in [1.54, 1.807) is 0 Å². The minimum Gasteiger partial charge on any atom is -0.356 e. The molecule has 4 nitrogen and oxygen atoms in total. The standard InChI is InChI=1S/C15H28N4/c1-3-4-8-16-15-17-14(2)13-19(15)12-7-11-18-9-5-6-10-18/h13H,3-12H2,1-2H3,(H,16,17). The number of aryl methyl sites for hydroxylation is 2. The summed E-state index contributed by atoms with van der Waals surface area (Å²) in [4.78, 5) is 7.15. The molecular weight excluding hydrogens is 236 g/mol. The summed E-state index contributed by atoms with van der Waals surface area (Å²) in [7, 11) is 0. The van der Waals surface area contributed by atoms with Crippen LogP contribution in [0.25, 0.3) is 0 Å². The number of anilines is 1. The van der Waals surface area contributed by atoms with Crippen molar-refractivity contribution < 1.29 is 0 Å². The SMILES string of the molecule is CCCCNc1nc(C)cn1CCCN1CCCC1. The predicted octanol–water partition coefficient (Wildman–Crippen LogP) is 2.89. The molecule has 4 heteroatoms. The molecule has 0 unspecified atom stereocenters. The molecule has 19 heavy (non-hydrogen) atoms. The molecule has 0 saturated carbocycles. The van der Waals surface area contributed by atoms with Gasteiger partial charge in [-0.05, 0) is 52.2 Å². The molecule has 2 rings (SSSR count). The molecule has 0 atom stereocenters. The first kappa shape index (κ1) is 14.4. The van der Waals surface area contributed by atoms with Crippen LogP contribution in [0.3, 0.4) is 0 Å². The van der Waals surface area contributed by atoms with Crippen molar-refractivity contribution in [3.8, 4) is 0 Å². The van der Waals surface area contributed by atoms with Crippen LogP contribution >= 0.6 is 0 Å². The summed E-state index contributed by atoms with van der Waals surface area (Å²) in [5, 5.41) is 3.45. The molecular formula is C15H28N4. The van der Waals surface area contributed by atoms with E-state index in [9.17, 15) is 0 Å². The fourth-order valence-electron chi connectivity index (χ4n) is 2.71. The van der Waals surface area contributed by atoms with Gasteiger partial charge in [0.15, 0.2) is 0 Å². The molecule has 108 valence electrons. The van der Waals surface area contributed by atoms with Crippen LogP contribution in [0.1, 0.15) is 44.7 Å². The van der Waals surface area contributed by atoms with E-state index in [1.807, 2.05) is 0 Å². The summed E-state index contributed by atoms with van der Waals surface area (Å²) in [6.45, 7) is 10.2. The van der Waals surface area contributed by atoms with E-state index < -0.39 is 0 Å². The summed E-state index contributed by atoms with van der Waals surface area (Å²) in [6, 6.07) is 0. The molecule has 0 bridgehead atoms. The number of unbranched alkanes of at least 4 members (excludes halogenated alkanes) is 1. The van der Waals surface area contributed by atoms with Crippen LogP contribution in [0, 0.1) is 6.92 Å². The topological polar surface area (TPSA) is 33.1 Å². The van der Waals surface area contributed by atoms with Crippen molar-refractivity contribution in [3.63, 3.8) is 0 Å². The Kier molecular flexibility index (Phi) is 5.70. The zero-order chi connectivity index (χ0) is 13.5. The van der Waals surface area contributed by atoms with Gasteiger partial charge in [-0.25, -0.2) is 4.98 Å². The summed E-state index contributed by atoms with van der Waals surface area (Å²) < 4.78 is 2.28. The first-order valence-corrected chi connectivity index (χ1v) is 7.79. The van der Waals surface area contributed by atoms with Crippen LogP contribution in [0.2, 0.25) is 0 Å². The number of likely N-dealkylation sites (tertiary alicyclic amines) is 1. The van der Waals surface area contributed by atoms with Crippen molar-refractivity contribution in [2.75, 3.05) is 31.5 Å². The third-order valence-electron chi connectivity index (χ3n) is 3.78. The summed E-state index contributed by atoms with van der Waals surface area (Å²) >= 11 is 0. The molecule has 1 fully saturated rings. The Morgan fingerprint density at radius 1 is 1.21 bits per heavy atom. The van der Waals surface area contributed by atoms with Crippen molar-refractivity contribution in [2.45, 2.75) is 52.5 Å². The highest BCUT2D eigenvalue weighted by atomic mass is 15.2. The number of nitrogens with one attached hydrogen (secondary N) is 1. The van der Waals surface area contributed by atoms with Crippen LogP contribution < -0.4 is 5.32 Å². The van der Waals surface area contributed by atoms with E-state index in [0.717, 1.165) is 24.7 Å². The lowest BCUT2D eigenvalue weighted by Crippen LogP contribution is -2.21. The molecule has 2 heterocycles. The Hall–Kier alpha value is -1.03. The largest absolute Gasteiger partial charge is 0.356 e. The maximum Gasteiger partial charge on any atom is 0.203 e. The van der Waals surface area contributed by atoms with Crippen LogP contribution in [0.5, 0.6) is 0 Å². The van der Waals surface area contributed by atoms with Crippen molar-refractivity contribution in [1.29, 1.82) is 0 Å². The summed E-state index contributed by atoms with van der Waals surface area (Å²) in [6.07, 6.45) is 8.58. The Morgan fingerprint density at radius 2 is 2.00 bits per heavy atom. The second kappa shape index (κ2) is 7.53. The van der Waals surface area contributed by atoms with E-state index in [2.05, 4.69) is 39.8 Å². The third-order valence-corrected chi connectivity index (χ3v) is 3.78. The van der Waals surface area contributed by atoms with Gasteiger partial charge in [0.05, 0.1) is 5.69 Å². The van der Waals surface area contributed by atoms with Gasteiger partial charge in [-0.15, -0.1) is 0 Å². The fraction of sp³-hybridized carbons (Fsp3) is 0.800. The molecule has 0 radical (unpaired) electrons. The van der Waals surface area contributed by atoms with E-state index in [1.165, 1.54) is 51.7 Å². The van der Waals surface area contributed by atoms with Gasteiger partial charge < -0.3 is 14.8 Å². The third kappa shape index (κ3) is 4.53. The highest BCUT2D eigenvalue weighted by Gasteiger charge is 2.11. The highest BCUT2D eigenvalue weighted by molar-refractivity contribution is 5.28. The second-order valence-electron chi connectivity index (χ2n) is 5.58.